The van der Waals surface area contributed by atoms with Crippen LogP contribution in [0.3, 0.4) is 0 Å². The van der Waals surface area contributed by atoms with E-state index >= 15 is 0 Å². The molecular formula is C17H26N2S. The quantitative estimate of drug-likeness (QED) is 0.838. The molecule has 20 heavy (non-hydrogen) atoms. The molecule has 0 saturated carbocycles. The largest absolute Gasteiger partial charge is 0.389 e. The molecule has 2 N–H and O–H groups in total. The lowest BCUT2D eigenvalue weighted by atomic mass is 9.75. The molecule has 0 radical (unpaired) electrons. The van der Waals surface area contributed by atoms with Crippen molar-refractivity contribution in [2.24, 2.45) is 17.1 Å². The van der Waals surface area contributed by atoms with E-state index in [9.17, 15) is 0 Å². The van der Waals surface area contributed by atoms with Crippen LogP contribution < -0.4 is 10.6 Å². The fourth-order valence-corrected chi connectivity index (χ4v) is 3.27. The van der Waals surface area contributed by atoms with Crippen LogP contribution >= 0.6 is 12.2 Å². The maximum atomic E-state index is 5.87. The van der Waals surface area contributed by atoms with Gasteiger partial charge in [0.05, 0.1) is 0 Å². The summed E-state index contributed by atoms with van der Waals surface area (Å²) in [4.78, 5) is 2.95. The maximum Gasteiger partial charge on any atom is 0.106 e. The summed E-state index contributed by atoms with van der Waals surface area (Å²) in [6.45, 7) is 11.4. The van der Waals surface area contributed by atoms with E-state index in [0.29, 0.717) is 10.4 Å². The van der Waals surface area contributed by atoms with Crippen LogP contribution in [0.2, 0.25) is 0 Å². The van der Waals surface area contributed by atoms with Gasteiger partial charge in [-0.2, -0.15) is 0 Å². The number of hydrogen-bond donors (Lipinski definition) is 1. The summed E-state index contributed by atoms with van der Waals surface area (Å²) in [5.41, 5.74) is 9.77. The average molecular weight is 290 g/mol. The summed E-state index contributed by atoms with van der Waals surface area (Å²) in [6, 6.07) is 6.36. The van der Waals surface area contributed by atoms with Crippen molar-refractivity contribution < 1.29 is 0 Å². The molecule has 2 rings (SSSR count). The Morgan fingerprint density at radius 2 is 1.85 bits per heavy atom. The van der Waals surface area contributed by atoms with Crippen LogP contribution in [0.4, 0.5) is 5.69 Å². The van der Waals surface area contributed by atoms with Crippen LogP contribution in [-0.4, -0.2) is 18.1 Å². The van der Waals surface area contributed by atoms with Crippen molar-refractivity contribution in [2.75, 3.05) is 18.0 Å². The number of nitrogens with zero attached hydrogens (tertiary/aromatic N) is 1. The number of anilines is 1. The zero-order valence-corrected chi connectivity index (χ0v) is 13.9. The van der Waals surface area contributed by atoms with E-state index in [4.69, 9.17) is 18.0 Å². The Kier molecular flexibility index (Phi) is 4.38. The second-order valence-corrected chi connectivity index (χ2v) is 7.45. The average Bonchev–Trinajstić information content (AvgIpc) is 2.37. The Morgan fingerprint density at radius 1 is 1.25 bits per heavy atom. The molecule has 1 heterocycles. The molecule has 1 fully saturated rings. The predicted octanol–water partition coefficient (Wildman–Crippen LogP) is 3.89. The van der Waals surface area contributed by atoms with Gasteiger partial charge in [-0.05, 0) is 48.8 Å². The van der Waals surface area contributed by atoms with E-state index in [1.807, 2.05) is 0 Å². The molecule has 0 spiro atoms. The summed E-state index contributed by atoms with van der Waals surface area (Å²) < 4.78 is 0. The molecule has 1 aromatic rings. The molecule has 1 aromatic carbocycles. The van der Waals surface area contributed by atoms with Gasteiger partial charge in [-0.1, -0.05) is 39.1 Å². The monoisotopic (exact) mass is 290 g/mol. The fourth-order valence-electron chi connectivity index (χ4n) is 3.10. The standard InChI is InChI=1S/C17H26N2S/c1-12-5-6-14(16(18)20)15(11-12)19-9-7-13(8-10-19)17(2,3)4/h5-6,11,13H,7-10H2,1-4H3,(H2,18,20). The molecule has 0 unspecified atom stereocenters. The van der Waals surface area contributed by atoms with Crippen molar-refractivity contribution in [1.29, 1.82) is 0 Å². The van der Waals surface area contributed by atoms with E-state index < -0.39 is 0 Å². The summed E-state index contributed by atoms with van der Waals surface area (Å²) in [7, 11) is 0. The van der Waals surface area contributed by atoms with Gasteiger partial charge in [0.1, 0.15) is 4.99 Å². The Balaban J connectivity index is 2.18. The van der Waals surface area contributed by atoms with Gasteiger partial charge in [0.2, 0.25) is 0 Å². The molecule has 0 bridgehead atoms. The van der Waals surface area contributed by atoms with Crippen molar-refractivity contribution in [3.8, 4) is 0 Å². The number of rotatable bonds is 2. The maximum absolute atomic E-state index is 5.87. The second-order valence-electron chi connectivity index (χ2n) is 7.01. The lowest BCUT2D eigenvalue weighted by Gasteiger charge is -2.40. The van der Waals surface area contributed by atoms with Crippen LogP contribution in [0.1, 0.15) is 44.7 Å². The summed E-state index contributed by atoms with van der Waals surface area (Å²) >= 11 is 5.20. The van der Waals surface area contributed by atoms with Gasteiger partial charge in [0, 0.05) is 24.3 Å². The Labute approximate surface area is 128 Å². The molecule has 0 aliphatic carbocycles. The third-order valence-corrected chi connectivity index (χ3v) is 4.70. The molecular weight excluding hydrogens is 264 g/mol. The normalized spacial score (nSPS) is 17.3. The molecule has 0 amide bonds. The number of aryl methyl sites for hydroxylation is 1. The molecule has 2 nitrogen and oxygen atoms in total. The van der Waals surface area contributed by atoms with Crippen molar-refractivity contribution in [3.05, 3.63) is 29.3 Å². The van der Waals surface area contributed by atoms with Gasteiger partial charge >= 0.3 is 0 Å². The van der Waals surface area contributed by atoms with E-state index in [2.05, 4.69) is 50.8 Å². The molecule has 1 saturated heterocycles. The molecule has 1 aliphatic heterocycles. The van der Waals surface area contributed by atoms with Crippen molar-refractivity contribution in [3.63, 3.8) is 0 Å². The highest BCUT2D eigenvalue weighted by Crippen LogP contribution is 2.36. The number of hydrogen-bond acceptors (Lipinski definition) is 2. The molecule has 3 heteroatoms. The van der Waals surface area contributed by atoms with E-state index in [1.54, 1.807) is 0 Å². The Bertz CT molecular complexity index is 494. The summed E-state index contributed by atoms with van der Waals surface area (Å²) in [5, 5.41) is 0. The fraction of sp³-hybridized carbons (Fsp3) is 0.588. The third-order valence-electron chi connectivity index (χ3n) is 4.48. The molecule has 1 aliphatic rings. The highest BCUT2D eigenvalue weighted by Gasteiger charge is 2.29. The summed E-state index contributed by atoms with van der Waals surface area (Å²) in [5.74, 6) is 0.803. The van der Waals surface area contributed by atoms with E-state index in [1.165, 1.54) is 24.1 Å². The van der Waals surface area contributed by atoms with Crippen LogP contribution in [0.15, 0.2) is 18.2 Å². The van der Waals surface area contributed by atoms with E-state index in [-0.39, 0.29) is 0 Å². The van der Waals surface area contributed by atoms with Crippen LogP contribution in [0.25, 0.3) is 0 Å². The van der Waals surface area contributed by atoms with Crippen LogP contribution in [0, 0.1) is 18.3 Å². The van der Waals surface area contributed by atoms with Gasteiger partial charge in [-0.15, -0.1) is 0 Å². The first-order valence-corrected chi connectivity index (χ1v) is 7.85. The first kappa shape index (κ1) is 15.3. The number of thiocarbonyl (C=S) groups is 1. The van der Waals surface area contributed by atoms with Gasteiger partial charge in [-0.25, -0.2) is 0 Å². The first-order chi connectivity index (χ1) is 9.29. The highest BCUT2D eigenvalue weighted by atomic mass is 32.1. The molecule has 0 atom stereocenters. The van der Waals surface area contributed by atoms with Gasteiger partial charge in [0.15, 0.2) is 0 Å². The van der Waals surface area contributed by atoms with Crippen molar-refractivity contribution in [1.82, 2.24) is 0 Å². The summed E-state index contributed by atoms with van der Waals surface area (Å²) in [6.07, 6.45) is 2.49. The second kappa shape index (κ2) is 5.72. The van der Waals surface area contributed by atoms with Crippen LogP contribution in [-0.2, 0) is 0 Å². The van der Waals surface area contributed by atoms with E-state index in [0.717, 1.165) is 24.6 Å². The smallest absolute Gasteiger partial charge is 0.106 e. The zero-order chi connectivity index (χ0) is 14.9. The Morgan fingerprint density at radius 3 is 2.35 bits per heavy atom. The molecule has 110 valence electrons. The lowest BCUT2D eigenvalue weighted by molar-refractivity contribution is 0.199. The number of piperidine rings is 1. The van der Waals surface area contributed by atoms with Gasteiger partial charge in [-0.3, -0.25) is 0 Å². The topological polar surface area (TPSA) is 29.3 Å². The van der Waals surface area contributed by atoms with Crippen molar-refractivity contribution in [2.45, 2.75) is 40.5 Å². The lowest BCUT2D eigenvalue weighted by Crippen LogP contribution is -2.38. The third kappa shape index (κ3) is 3.32. The van der Waals surface area contributed by atoms with Crippen molar-refractivity contribution >= 4 is 22.9 Å². The Hall–Kier alpha value is -1.09. The van der Waals surface area contributed by atoms with Gasteiger partial charge < -0.3 is 10.6 Å². The molecule has 0 aromatic heterocycles. The first-order valence-electron chi connectivity index (χ1n) is 7.44. The SMILES string of the molecule is Cc1ccc(C(N)=S)c(N2CCC(C(C)(C)C)CC2)c1. The number of nitrogens with two attached hydrogens (primary N) is 1. The predicted molar refractivity (Wildman–Crippen MR) is 91.5 cm³/mol. The zero-order valence-electron chi connectivity index (χ0n) is 13.1. The number of benzene rings is 1. The minimum absolute atomic E-state index is 0.407. The van der Waals surface area contributed by atoms with Crippen LogP contribution in [0.5, 0.6) is 0 Å². The highest BCUT2D eigenvalue weighted by molar-refractivity contribution is 7.80. The minimum atomic E-state index is 0.407. The minimum Gasteiger partial charge on any atom is -0.389 e. The van der Waals surface area contributed by atoms with Gasteiger partial charge in [0.25, 0.3) is 0 Å².